The first-order chi connectivity index (χ1) is 34.1. The minimum absolute atomic E-state index is 0.938. The molecule has 11 rings (SSSR count). The van der Waals surface area contributed by atoms with Gasteiger partial charge in [-0.2, -0.15) is 9.13 Å². The van der Waals surface area contributed by atoms with E-state index in [-0.39, 0.29) is 0 Å². The summed E-state index contributed by atoms with van der Waals surface area (Å²) in [6.45, 7) is 21.5. The fourth-order valence-corrected chi connectivity index (χ4v) is 15.3. The van der Waals surface area contributed by atoms with Crippen LogP contribution in [0.2, 0.25) is 0 Å². The Morgan fingerprint density at radius 2 is 1.13 bits per heavy atom. The lowest BCUT2D eigenvalue weighted by atomic mass is 10.1. The molecule has 5 nitrogen and oxygen atoms in total. The van der Waals surface area contributed by atoms with Gasteiger partial charge >= 0.3 is 0 Å². The SMILES string of the molecule is CCC(=C/c1sc2ccc3ccccc3c2[n+]1CC)/C=C1/Sc2cc(OC)c(C)cc2N1CC.CCN1/C(=C/C(=C/c2sc3ccc4ccccc4c3[n+]2CC)c2cccs2)Sc2cc(C)c(C)cc21. The predicted molar refractivity (Wildman–Crippen MR) is 308 cm³/mol. The van der Waals surface area contributed by atoms with Gasteiger partial charge in [0.05, 0.1) is 39.3 Å². The highest BCUT2D eigenvalue weighted by Crippen LogP contribution is 2.50. The number of hydrogen-bond donors (Lipinski definition) is 0. The highest BCUT2D eigenvalue weighted by atomic mass is 32.2. The van der Waals surface area contributed by atoms with Crippen LogP contribution in [0, 0.1) is 20.8 Å². The summed E-state index contributed by atoms with van der Waals surface area (Å²) in [5, 5.41) is 12.6. The van der Waals surface area contributed by atoms with Crippen molar-refractivity contribution in [2.24, 2.45) is 0 Å². The van der Waals surface area contributed by atoms with Crippen molar-refractivity contribution in [1.82, 2.24) is 0 Å². The van der Waals surface area contributed by atoms with Gasteiger partial charge in [0.1, 0.15) is 28.2 Å². The van der Waals surface area contributed by atoms with Crippen molar-refractivity contribution < 1.29 is 13.9 Å². The van der Waals surface area contributed by atoms with Gasteiger partial charge in [0, 0.05) is 45.5 Å². The van der Waals surface area contributed by atoms with Crippen LogP contribution >= 0.6 is 57.5 Å². The Labute approximate surface area is 433 Å². The highest BCUT2D eigenvalue weighted by molar-refractivity contribution is 8.04. The lowest BCUT2D eigenvalue weighted by Crippen LogP contribution is -2.33. The first-order valence-corrected chi connectivity index (χ1v) is 28.6. The Bertz CT molecular complexity index is 3570. The van der Waals surface area contributed by atoms with Crippen LogP contribution in [0.4, 0.5) is 11.4 Å². The van der Waals surface area contributed by atoms with Gasteiger partial charge in [0.25, 0.3) is 10.0 Å². The number of thioether (sulfide) groups is 2. The molecule has 2 aliphatic heterocycles. The third kappa shape index (κ3) is 9.02. The standard InChI is InChI=1S/C31H29N2S3.C29H31N2OS2/c1-5-32-25-16-20(3)21(4)17-28(25)36-29(32)18-23(26-12-9-15-34-26)19-30-33(6-2)31-24-11-8-7-10-22(24)13-14-27(31)35-30;1-6-20(16-27-30(7-2)23-15-19(4)24(32-5)18-26(23)34-27)17-28-31(8-3)29-22-12-10-9-11-21(22)13-14-25(29)33-28/h7-19H,5-6H2,1-4H3;9-18H,6-8H2,1-5H3/q2*+1. The Hall–Kier alpha value is -5.62. The van der Waals surface area contributed by atoms with Crippen LogP contribution in [0.1, 0.15) is 72.6 Å². The number of anilines is 2. The first kappa shape index (κ1) is 48.0. The van der Waals surface area contributed by atoms with E-state index in [0.29, 0.717) is 0 Å². The van der Waals surface area contributed by atoms with Crippen LogP contribution in [-0.2, 0) is 13.1 Å². The maximum Gasteiger partial charge on any atom is 0.263 e. The maximum atomic E-state index is 5.58. The Morgan fingerprint density at radius 1 is 0.586 bits per heavy atom. The van der Waals surface area contributed by atoms with Gasteiger partial charge in [-0.3, -0.25) is 0 Å². The number of aromatic nitrogens is 2. The zero-order chi connectivity index (χ0) is 48.6. The zero-order valence-electron chi connectivity index (χ0n) is 41.6. The molecule has 2 aliphatic rings. The third-order valence-electron chi connectivity index (χ3n) is 13.5. The molecule has 0 aliphatic carbocycles. The molecule has 0 spiro atoms. The second kappa shape index (κ2) is 20.6. The molecule has 354 valence electrons. The Kier molecular flexibility index (Phi) is 14.1. The maximum absolute atomic E-state index is 5.58. The molecule has 10 heteroatoms. The number of benzene rings is 6. The number of thiazole rings is 2. The number of thiophene rings is 1. The van der Waals surface area contributed by atoms with E-state index in [2.05, 4.69) is 213 Å². The van der Waals surface area contributed by atoms with Gasteiger partial charge in [-0.15, -0.1) is 11.3 Å². The smallest absolute Gasteiger partial charge is 0.263 e. The summed E-state index contributed by atoms with van der Waals surface area (Å²) in [4.78, 5) is 8.80. The molecule has 0 bridgehead atoms. The van der Waals surface area contributed by atoms with E-state index < -0.39 is 0 Å². The van der Waals surface area contributed by atoms with E-state index in [1.165, 1.54) is 116 Å². The molecule has 0 fully saturated rings. The fourth-order valence-electron chi connectivity index (χ4n) is 9.72. The number of nitrogens with zero attached hydrogens (tertiary/aromatic N) is 4. The number of hydrogen-bond acceptors (Lipinski definition) is 8. The van der Waals surface area contributed by atoms with Gasteiger partial charge in [-0.25, -0.2) is 0 Å². The molecule has 3 aromatic heterocycles. The number of rotatable bonds is 11. The minimum Gasteiger partial charge on any atom is -0.496 e. The van der Waals surface area contributed by atoms with Gasteiger partial charge in [0.15, 0.2) is 0 Å². The molecule has 9 aromatic rings. The molecule has 5 heterocycles. The minimum atomic E-state index is 0.938. The molecule has 0 N–H and O–H groups in total. The van der Waals surface area contributed by atoms with Crippen LogP contribution in [0.25, 0.3) is 59.7 Å². The van der Waals surface area contributed by atoms with Crippen molar-refractivity contribution >= 4 is 129 Å². The molecule has 0 saturated carbocycles. The van der Waals surface area contributed by atoms with E-state index in [1.54, 1.807) is 7.11 Å². The molecule has 0 atom stereocenters. The average molecular weight is 1010 g/mol. The molecule has 0 amide bonds. The Balaban J connectivity index is 0.000000162. The summed E-state index contributed by atoms with van der Waals surface area (Å²) in [6.07, 6.45) is 10.5. The lowest BCUT2D eigenvalue weighted by molar-refractivity contribution is -0.664. The van der Waals surface area contributed by atoms with Crippen molar-refractivity contribution in [3.8, 4) is 5.75 Å². The second-order valence-electron chi connectivity index (χ2n) is 17.6. The number of methoxy groups -OCH3 is 1. The molecule has 0 radical (unpaired) electrons. The summed E-state index contributed by atoms with van der Waals surface area (Å²) < 4.78 is 13.2. The van der Waals surface area contributed by atoms with Crippen LogP contribution in [0.3, 0.4) is 0 Å². The van der Waals surface area contributed by atoms with Gasteiger partial charge in [0.2, 0.25) is 11.0 Å². The van der Waals surface area contributed by atoms with E-state index in [0.717, 1.165) is 38.3 Å². The number of aryl methyl sites for hydroxylation is 5. The van der Waals surface area contributed by atoms with E-state index in [4.69, 9.17) is 4.74 Å². The van der Waals surface area contributed by atoms with Crippen LogP contribution in [0.5, 0.6) is 5.75 Å². The van der Waals surface area contributed by atoms with Crippen LogP contribution in [0.15, 0.2) is 152 Å². The number of fused-ring (bicyclic) bond motifs is 8. The van der Waals surface area contributed by atoms with Crippen molar-refractivity contribution in [3.05, 3.63) is 174 Å². The topological polar surface area (TPSA) is 23.5 Å². The van der Waals surface area contributed by atoms with Gasteiger partial charge < -0.3 is 14.5 Å². The van der Waals surface area contributed by atoms with Crippen LogP contribution in [-0.4, -0.2) is 20.2 Å². The fraction of sp³-hybridized carbons (Fsp3) is 0.233. The van der Waals surface area contributed by atoms with E-state index >= 15 is 0 Å². The third-order valence-corrected chi connectivity index (χ3v) is 18.8. The summed E-state index contributed by atoms with van der Waals surface area (Å²) in [7, 11) is 1.75. The van der Waals surface area contributed by atoms with Crippen LogP contribution < -0.4 is 23.7 Å². The molecule has 0 unspecified atom stereocenters. The average Bonchev–Trinajstić information content (AvgIpc) is 4.22. The van der Waals surface area contributed by atoms with Gasteiger partial charge in [-0.05, 0) is 160 Å². The number of ether oxygens (including phenoxy) is 1. The van der Waals surface area contributed by atoms with Crippen molar-refractivity contribution in [2.75, 3.05) is 30.0 Å². The zero-order valence-corrected chi connectivity index (χ0v) is 45.6. The van der Waals surface area contributed by atoms with Crippen molar-refractivity contribution in [3.63, 3.8) is 0 Å². The van der Waals surface area contributed by atoms with E-state index in [1.807, 2.05) is 57.5 Å². The number of allylic oxidation sites excluding steroid dienone is 4. The molecule has 70 heavy (non-hydrogen) atoms. The molecular formula is C60H60N4OS5+2. The Morgan fingerprint density at radius 3 is 1.67 bits per heavy atom. The molecule has 6 aromatic carbocycles. The molecule has 0 saturated heterocycles. The first-order valence-electron chi connectivity index (χ1n) is 24.4. The van der Waals surface area contributed by atoms with Crippen molar-refractivity contribution in [1.29, 1.82) is 0 Å². The largest absolute Gasteiger partial charge is 0.496 e. The monoisotopic (exact) mass is 1010 g/mol. The van der Waals surface area contributed by atoms with Gasteiger partial charge in [-0.1, -0.05) is 108 Å². The second-order valence-corrected chi connectivity index (χ2v) is 22.8. The summed E-state index contributed by atoms with van der Waals surface area (Å²) in [6, 6.07) is 40.0. The normalized spacial score (nSPS) is 15.0. The highest BCUT2D eigenvalue weighted by Gasteiger charge is 2.28. The van der Waals surface area contributed by atoms with Crippen molar-refractivity contribution in [2.45, 2.75) is 84.7 Å². The molecular weight excluding hydrogens is 953 g/mol. The summed E-state index contributed by atoms with van der Waals surface area (Å²) >= 11 is 9.31. The summed E-state index contributed by atoms with van der Waals surface area (Å²) in [5.41, 5.74) is 11.8. The lowest BCUT2D eigenvalue weighted by Gasteiger charge is -2.19. The summed E-state index contributed by atoms with van der Waals surface area (Å²) in [5.74, 6) is 0.955. The predicted octanol–water partition coefficient (Wildman–Crippen LogP) is 17.0. The quantitative estimate of drug-likeness (QED) is 0.120. The van der Waals surface area contributed by atoms with E-state index in [9.17, 15) is 0 Å².